The summed E-state index contributed by atoms with van der Waals surface area (Å²) in [5.74, 6) is -1.25. The smallest absolute Gasteiger partial charge is 0.308 e. The molecule has 0 amide bonds. The van der Waals surface area contributed by atoms with E-state index < -0.39 is 21.5 Å². The molecular weight excluding hydrogens is 215 g/mol. The second-order valence-corrected chi connectivity index (χ2v) is 2.78. The summed E-state index contributed by atoms with van der Waals surface area (Å²) in [4.78, 5) is 9.43. The number of nitrogen functional groups attached to an aromatic ring is 1. The van der Waals surface area contributed by atoms with Gasteiger partial charge in [-0.15, -0.1) is 0 Å². The maximum Gasteiger partial charge on any atom is 0.308 e. The van der Waals surface area contributed by atoms with E-state index in [-0.39, 0.29) is 11.4 Å². The van der Waals surface area contributed by atoms with E-state index >= 15 is 0 Å². The van der Waals surface area contributed by atoms with Crippen LogP contribution in [0, 0.1) is 15.9 Å². The highest BCUT2D eigenvalue weighted by molar-refractivity contribution is 6.33. The zero-order valence-electron chi connectivity index (χ0n) is 7.08. The quantitative estimate of drug-likeness (QED) is 0.470. The molecule has 14 heavy (non-hydrogen) atoms. The molecule has 1 aromatic rings. The van der Waals surface area contributed by atoms with Crippen LogP contribution in [-0.2, 0) is 0 Å². The lowest BCUT2D eigenvalue weighted by Gasteiger charge is -2.06. The number of rotatable bonds is 2. The van der Waals surface area contributed by atoms with Crippen LogP contribution in [0.15, 0.2) is 6.07 Å². The van der Waals surface area contributed by atoms with Crippen molar-refractivity contribution in [2.75, 3.05) is 12.8 Å². The van der Waals surface area contributed by atoms with Gasteiger partial charge in [0.15, 0.2) is 5.75 Å². The average Bonchev–Trinajstić information content (AvgIpc) is 2.12. The van der Waals surface area contributed by atoms with Gasteiger partial charge in [-0.1, -0.05) is 11.6 Å². The van der Waals surface area contributed by atoms with Gasteiger partial charge in [-0.3, -0.25) is 10.1 Å². The molecule has 0 heterocycles. The first-order valence-corrected chi connectivity index (χ1v) is 3.82. The van der Waals surface area contributed by atoms with Crippen LogP contribution in [0.1, 0.15) is 0 Å². The van der Waals surface area contributed by atoms with Gasteiger partial charge in [0, 0.05) is 6.07 Å². The van der Waals surface area contributed by atoms with Gasteiger partial charge in [-0.25, -0.2) is 0 Å². The molecule has 0 radical (unpaired) electrons. The minimum Gasteiger partial charge on any atom is -0.493 e. The van der Waals surface area contributed by atoms with E-state index in [9.17, 15) is 14.5 Å². The monoisotopic (exact) mass is 220 g/mol. The topological polar surface area (TPSA) is 78.4 Å². The van der Waals surface area contributed by atoms with Crippen LogP contribution >= 0.6 is 11.6 Å². The summed E-state index contributed by atoms with van der Waals surface area (Å²) in [6, 6.07) is 0.861. The highest BCUT2D eigenvalue weighted by atomic mass is 35.5. The second-order valence-electron chi connectivity index (χ2n) is 2.40. The highest BCUT2D eigenvalue weighted by Crippen LogP contribution is 2.38. The SMILES string of the molecule is COc1c(N)cc([N+](=O)[O-])c(F)c1Cl. The number of nitrogens with two attached hydrogens (primary N) is 1. The van der Waals surface area contributed by atoms with Crippen molar-refractivity contribution in [3.63, 3.8) is 0 Å². The lowest BCUT2D eigenvalue weighted by atomic mass is 10.2. The minimum atomic E-state index is -1.15. The van der Waals surface area contributed by atoms with Crippen LogP contribution < -0.4 is 10.5 Å². The normalized spacial score (nSPS) is 9.93. The van der Waals surface area contributed by atoms with Crippen molar-refractivity contribution in [1.82, 2.24) is 0 Å². The Balaban J connectivity index is 3.47. The van der Waals surface area contributed by atoms with Crippen LogP contribution in [0.4, 0.5) is 15.8 Å². The number of hydrogen-bond acceptors (Lipinski definition) is 4. The summed E-state index contributed by atoms with van der Waals surface area (Å²) < 4.78 is 17.8. The number of benzene rings is 1. The van der Waals surface area contributed by atoms with Crippen molar-refractivity contribution in [3.8, 4) is 5.75 Å². The molecule has 1 rings (SSSR count). The van der Waals surface area contributed by atoms with E-state index in [2.05, 4.69) is 4.74 Å². The highest BCUT2D eigenvalue weighted by Gasteiger charge is 2.23. The Morgan fingerprint density at radius 1 is 1.71 bits per heavy atom. The van der Waals surface area contributed by atoms with Crippen molar-refractivity contribution in [2.45, 2.75) is 0 Å². The fourth-order valence-corrected chi connectivity index (χ4v) is 1.24. The predicted octanol–water partition coefficient (Wildman–Crippen LogP) is 1.98. The third-order valence-corrected chi connectivity index (χ3v) is 1.91. The molecule has 0 spiro atoms. The lowest BCUT2D eigenvalue weighted by molar-refractivity contribution is -0.387. The third-order valence-electron chi connectivity index (χ3n) is 1.57. The molecule has 5 nitrogen and oxygen atoms in total. The van der Waals surface area contributed by atoms with Gasteiger partial charge < -0.3 is 10.5 Å². The van der Waals surface area contributed by atoms with E-state index in [1.807, 2.05) is 0 Å². The van der Waals surface area contributed by atoms with Crippen LogP contribution in [0.2, 0.25) is 5.02 Å². The number of halogens is 2. The van der Waals surface area contributed by atoms with Gasteiger partial charge in [0.2, 0.25) is 5.82 Å². The van der Waals surface area contributed by atoms with E-state index in [1.54, 1.807) is 0 Å². The third kappa shape index (κ3) is 1.56. The van der Waals surface area contributed by atoms with Crippen molar-refractivity contribution in [3.05, 3.63) is 27.0 Å². The second kappa shape index (κ2) is 3.67. The minimum absolute atomic E-state index is 0.0781. The summed E-state index contributed by atoms with van der Waals surface area (Å²) >= 11 is 5.46. The molecule has 0 unspecified atom stereocenters. The first kappa shape index (κ1) is 10.5. The van der Waals surface area contributed by atoms with Gasteiger partial charge >= 0.3 is 5.69 Å². The summed E-state index contributed by atoms with van der Waals surface area (Å²) in [6.07, 6.45) is 0. The van der Waals surface area contributed by atoms with E-state index in [4.69, 9.17) is 17.3 Å². The van der Waals surface area contributed by atoms with Crippen LogP contribution in [0.25, 0.3) is 0 Å². The first-order chi connectivity index (χ1) is 6.49. The number of ether oxygens (including phenoxy) is 1. The summed E-state index contributed by atoms with van der Waals surface area (Å²) in [7, 11) is 1.24. The Morgan fingerprint density at radius 2 is 2.29 bits per heavy atom. The van der Waals surface area contributed by atoms with Crippen molar-refractivity contribution >= 4 is 23.0 Å². The molecule has 2 N–H and O–H groups in total. The van der Waals surface area contributed by atoms with Crippen LogP contribution in [0.5, 0.6) is 5.75 Å². The molecule has 7 heteroatoms. The number of nitro groups is 1. The molecule has 0 saturated carbocycles. The maximum atomic E-state index is 13.2. The Kier molecular flexibility index (Phi) is 2.76. The number of methoxy groups -OCH3 is 1. The molecule has 0 fully saturated rings. The molecule has 0 bridgehead atoms. The zero-order valence-corrected chi connectivity index (χ0v) is 7.84. The lowest BCUT2D eigenvalue weighted by Crippen LogP contribution is -1.99. The molecule has 0 aliphatic rings. The van der Waals surface area contributed by atoms with Crippen molar-refractivity contribution in [2.24, 2.45) is 0 Å². The van der Waals surface area contributed by atoms with E-state index in [1.165, 1.54) is 7.11 Å². The first-order valence-electron chi connectivity index (χ1n) is 3.45. The largest absolute Gasteiger partial charge is 0.493 e. The van der Waals surface area contributed by atoms with Gasteiger partial charge in [0.25, 0.3) is 0 Å². The summed E-state index contributed by atoms with van der Waals surface area (Å²) in [6.45, 7) is 0. The fraction of sp³-hybridized carbons (Fsp3) is 0.143. The average molecular weight is 221 g/mol. The molecular formula is C7H6ClFN2O3. The molecule has 76 valence electrons. The Bertz CT molecular complexity index is 397. The molecule has 0 aliphatic heterocycles. The zero-order chi connectivity index (χ0) is 10.9. The fourth-order valence-electron chi connectivity index (χ4n) is 0.955. The van der Waals surface area contributed by atoms with Gasteiger partial charge in [-0.05, 0) is 0 Å². The van der Waals surface area contributed by atoms with Gasteiger partial charge in [0.05, 0.1) is 17.7 Å². The molecule has 0 atom stereocenters. The maximum absolute atomic E-state index is 13.2. The van der Waals surface area contributed by atoms with Crippen molar-refractivity contribution in [1.29, 1.82) is 0 Å². The number of nitro benzene ring substituents is 1. The van der Waals surface area contributed by atoms with Gasteiger partial charge in [-0.2, -0.15) is 4.39 Å². The van der Waals surface area contributed by atoms with Crippen LogP contribution in [0.3, 0.4) is 0 Å². The van der Waals surface area contributed by atoms with E-state index in [0.717, 1.165) is 6.07 Å². The van der Waals surface area contributed by atoms with Crippen molar-refractivity contribution < 1.29 is 14.1 Å². The van der Waals surface area contributed by atoms with Gasteiger partial charge in [0.1, 0.15) is 5.02 Å². The molecule has 0 saturated heterocycles. The standard InChI is InChI=1S/C7H6ClFN2O3/c1-14-7-3(10)2-4(11(12)13)6(9)5(7)8/h2H,10H2,1H3. The molecule has 1 aromatic carbocycles. The number of nitrogens with zero attached hydrogens (tertiary/aromatic N) is 1. The predicted molar refractivity (Wildman–Crippen MR) is 49.0 cm³/mol. The Hall–Kier alpha value is -1.56. The molecule has 0 aliphatic carbocycles. The summed E-state index contributed by atoms with van der Waals surface area (Å²) in [5.41, 5.74) is 4.51. The molecule has 0 aromatic heterocycles. The van der Waals surface area contributed by atoms with E-state index in [0.29, 0.717) is 0 Å². The Morgan fingerprint density at radius 3 is 2.71 bits per heavy atom. The number of hydrogen-bond donors (Lipinski definition) is 1. The Labute approximate surface area is 83.4 Å². The number of anilines is 1. The van der Waals surface area contributed by atoms with Crippen LogP contribution in [-0.4, -0.2) is 12.0 Å². The summed E-state index contributed by atoms with van der Waals surface area (Å²) in [5, 5.41) is 9.85.